The molecule has 0 bridgehead atoms. The number of benzene rings is 3. The zero-order chi connectivity index (χ0) is 20.5. The highest BCUT2D eigenvalue weighted by Crippen LogP contribution is 2.52. The number of hydrogen-bond donors (Lipinski definition) is 0. The van der Waals surface area contributed by atoms with Crippen LogP contribution in [0.2, 0.25) is 0 Å². The largest absolute Gasteiger partial charge is 0.206 e. The fourth-order valence-corrected chi connectivity index (χ4v) is 4.22. The summed E-state index contributed by atoms with van der Waals surface area (Å²) < 4.78 is 44.4. The maximum absolute atomic E-state index is 15.3. The highest BCUT2D eigenvalue weighted by molar-refractivity contribution is 6.04. The van der Waals surface area contributed by atoms with Crippen LogP contribution in [0.25, 0.3) is 33.4 Å². The Bertz CT molecular complexity index is 1050. The molecule has 3 aromatic carbocycles. The van der Waals surface area contributed by atoms with E-state index in [1.54, 1.807) is 12.1 Å². The van der Waals surface area contributed by atoms with E-state index < -0.39 is 17.5 Å². The molecule has 1 aliphatic carbocycles. The molecule has 0 radical (unpaired) electrons. The average molecular weight is 394 g/mol. The van der Waals surface area contributed by atoms with Crippen molar-refractivity contribution >= 4 is 0 Å². The molecule has 0 N–H and O–H groups in total. The molecule has 0 fully saturated rings. The molecule has 0 amide bonds. The van der Waals surface area contributed by atoms with Crippen molar-refractivity contribution in [2.24, 2.45) is 0 Å². The summed E-state index contributed by atoms with van der Waals surface area (Å²) in [6.07, 6.45) is 5.73. The SMILES string of the molecule is CCCCCc1ccc(-c2ccc3c(c2F)-c2c-3cc(CCC)c(F)c2F)cc1. The van der Waals surface area contributed by atoms with E-state index in [4.69, 9.17) is 0 Å². The van der Waals surface area contributed by atoms with Gasteiger partial charge in [0.1, 0.15) is 5.82 Å². The molecule has 0 saturated heterocycles. The molecule has 0 atom stereocenters. The molecule has 150 valence electrons. The van der Waals surface area contributed by atoms with Crippen molar-refractivity contribution in [3.8, 4) is 33.4 Å². The van der Waals surface area contributed by atoms with Crippen molar-refractivity contribution < 1.29 is 13.2 Å². The Morgan fingerprint density at radius 3 is 2.00 bits per heavy atom. The summed E-state index contributed by atoms with van der Waals surface area (Å²) >= 11 is 0. The molecule has 4 rings (SSSR count). The van der Waals surface area contributed by atoms with Gasteiger partial charge in [0.15, 0.2) is 11.6 Å². The van der Waals surface area contributed by atoms with Gasteiger partial charge in [-0.15, -0.1) is 0 Å². The van der Waals surface area contributed by atoms with Crippen molar-refractivity contribution in [1.29, 1.82) is 0 Å². The Balaban J connectivity index is 1.68. The van der Waals surface area contributed by atoms with E-state index in [-0.39, 0.29) is 11.1 Å². The molecular weight excluding hydrogens is 369 g/mol. The smallest absolute Gasteiger partial charge is 0.167 e. The van der Waals surface area contributed by atoms with Crippen LogP contribution in [0.1, 0.15) is 50.7 Å². The van der Waals surface area contributed by atoms with E-state index in [0.717, 1.165) is 24.8 Å². The fraction of sp³-hybridized carbons (Fsp3) is 0.308. The van der Waals surface area contributed by atoms with Crippen LogP contribution in [0, 0.1) is 17.5 Å². The van der Waals surface area contributed by atoms with Gasteiger partial charge in [0, 0.05) is 16.7 Å². The lowest BCUT2D eigenvalue weighted by molar-refractivity contribution is 0.499. The highest BCUT2D eigenvalue weighted by Gasteiger charge is 2.33. The Hall–Kier alpha value is -2.55. The molecule has 0 aliphatic heterocycles. The number of unbranched alkanes of at least 4 members (excludes halogenated alkanes) is 2. The van der Waals surface area contributed by atoms with Crippen LogP contribution in [-0.2, 0) is 12.8 Å². The Morgan fingerprint density at radius 2 is 1.31 bits per heavy atom. The van der Waals surface area contributed by atoms with Gasteiger partial charge in [0.25, 0.3) is 0 Å². The van der Waals surface area contributed by atoms with Crippen LogP contribution in [0.15, 0.2) is 42.5 Å². The maximum atomic E-state index is 15.3. The van der Waals surface area contributed by atoms with Gasteiger partial charge in [-0.1, -0.05) is 69.5 Å². The number of fused-ring (bicyclic) bond motifs is 4. The topological polar surface area (TPSA) is 0 Å². The van der Waals surface area contributed by atoms with E-state index in [2.05, 4.69) is 6.92 Å². The number of hydrogen-bond acceptors (Lipinski definition) is 0. The first-order valence-electron chi connectivity index (χ1n) is 10.5. The van der Waals surface area contributed by atoms with E-state index in [9.17, 15) is 8.78 Å². The van der Waals surface area contributed by atoms with E-state index in [1.807, 2.05) is 37.3 Å². The first kappa shape index (κ1) is 19.8. The highest BCUT2D eigenvalue weighted by atomic mass is 19.2. The molecule has 29 heavy (non-hydrogen) atoms. The fourth-order valence-electron chi connectivity index (χ4n) is 4.22. The molecule has 3 aromatic rings. The minimum Gasteiger partial charge on any atom is -0.206 e. The van der Waals surface area contributed by atoms with Gasteiger partial charge in [-0.25, -0.2) is 13.2 Å². The third-order valence-corrected chi connectivity index (χ3v) is 5.82. The van der Waals surface area contributed by atoms with E-state index in [0.29, 0.717) is 28.7 Å². The van der Waals surface area contributed by atoms with Crippen molar-refractivity contribution in [3.05, 3.63) is 71.0 Å². The Labute approximate surface area is 170 Å². The zero-order valence-corrected chi connectivity index (χ0v) is 16.9. The van der Waals surface area contributed by atoms with Crippen molar-refractivity contribution in [2.45, 2.75) is 52.4 Å². The van der Waals surface area contributed by atoms with Crippen LogP contribution >= 0.6 is 0 Å². The third kappa shape index (κ3) is 3.37. The standard InChI is InChI=1S/C26H25F3/c1-3-5-6-8-16-9-11-17(12-10-16)19-13-14-20-21-15-18(7-4-2)24(27)26(29)23(21)22(20)25(19)28/h9-15H,3-8H2,1-2H3. The number of halogens is 3. The van der Waals surface area contributed by atoms with Gasteiger partial charge < -0.3 is 0 Å². The second-order valence-corrected chi connectivity index (χ2v) is 7.84. The Kier molecular flexibility index (Phi) is 5.49. The summed E-state index contributed by atoms with van der Waals surface area (Å²) in [5.74, 6) is -2.26. The number of aryl methyl sites for hydroxylation is 2. The van der Waals surface area contributed by atoms with E-state index in [1.165, 1.54) is 18.4 Å². The molecule has 0 heterocycles. The molecule has 0 nitrogen and oxygen atoms in total. The van der Waals surface area contributed by atoms with Crippen LogP contribution in [0.3, 0.4) is 0 Å². The Morgan fingerprint density at radius 1 is 0.621 bits per heavy atom. The van der Waals surface area contributed by atoms with Gasteiger partial charge in [0.05, 0.1) is 0 Å². The van der Waals surface area contributed by atoms with Crippen molar-refractivity contribution in [2.75, 3.05) is 0 Å². The summed E-state index contributed by atoms with van der Waals surface area (Å²) in [5.41, 5.74) is 4.31. The summed E-state index contributed by atoms with van der Waals surface area (Å²) in [4.78, 5) is 0. The van der Waals surface area contributed by atoms with E-state index >= 15 is 4.39 Å². The summed E-state index contributed by atoms with van der Waals surface area (Å²) in [7, 11) is 0. The number of rotatable bonds is 7. The summed E-state index contributed by atoms with van der Waals surface area (Å²) in [6.45, 7) is 4.10. The molecule has 1 aliphatic rings. The van der Waals surface area contributed by atoms with Gasteiger partial charge in [-0.2, -0.15) is 0 Å². The van der Waals surface area contributed by atoms with Gasteiger partial charge in [-0.3, -0.25) is 0 Å². The molecule has 0 spiro atoms. The first-order chi connectivity index (χ1) is 14.1. The molecular formula is C26H25F3. The quantitative estimate of drug-likeness (QED) is 0.278. The summed E-state index contributed by atoms with van der Waals surface area (Å²) in [5, 5.41) is 0. The van der Waals surface area contributed by atoms with Crippen LogP contribution < -0.4 is 0 Å². The second-order valence-electron chi connectivity index (χ2n) is 7.84. The van der Waals surface area contributed by atoms with Gasteiger partial charge in [0.2, 0.25) is 0 Å². The zero-order valence-electron chi connectivity index (χ0n) is 16.9. The van der Waals surface area contributed by atoms with Crippen LogP contribution in [0.5, 0.6) is 0 Å². The molecule has 0 saturated carbocycles. The third-order valence-electron chi connectivity index (χ3n) is 5.82. The van der Waals surface area contributed by atoms with Crippen LogP contribution in [0.4, 0.5) is 13.2 Å². The minimum atomic E-state index is -0.930. The lowest BCUT2D eigenvalue weighted by atomic mass is 9.77. The lowest BCUT2D eigenvalue weighted by Crippen LogP contribution is -2.10. The average Bonchev–Trinajstić information content (AvgIpc) is 2.71. The molecule has 3 heteroatoms. The second kappa shape index (κ2) is 8.06. The van der Waals surface area contributed by atoms with Crippen molar-refractivity contribution in [1.82, 2.24) is 0 Å². The van der Waals surface area contributed by atoms with Gasteiger partial charge >= 0.3 is 0 Å². The maximum Gasteiger partial charge on any atom is 0.167 e. The predicted octanol–water partition coefficient (Wildman–Crippen LogP) is 8.10. The van der Waals surface area contributed by atoms with Crippen LogP contribution in [-0.4, -0.2) is 0 Å². The van der Waals surface area contributed by atoms with Crippen molar-refractivity contribution in [3.63, 3.8) is 0 Å². The minimum absolute atomic E-state index is 0.0767. The van der Waals surface area contributed by atoms with Gasteiger partial charge in [-0.05, 0) is 53.1 Å². The molecule has 0 unspecified atom stereocenters. The normalized spacial score (nSPS) is 11.8. The lowest BCUT2D eigenvalue weighted by Gasteiger charge is -2.27. The summed E-state index contributed by atoms with van der Waals surface area (Å²) in [6, 6.07) is 13.1. The first-order valence-corrected chi connectivity index (χ1v) is 10.5. The predicted molar refractivity (Wildman–Crippen MR) is 113 cm³/mol. The monoisotopic (exact) mass is 394 g/mol. The molecule has 0 aromatic heterocycles.